The topological polar surface area (TPSA) is 119 Å². The van der Waals surface area contributed by atoms with Crippen molar-refractivity contribution in [3.63, 3.8) is 0 Å². The van der Waals surface area contributed by atoms with Crippen LogP contribution < -0.4 is 10.5 Å². The van der Waals surface area contributed by atoms with Gasteiger partial charge in [0, 0.05) is 48.0 Å². The highest BCUT2D eigenvalue weighted by Gasteiger charge is 2.52. The molecule has 0 spiro atoms. The van der Waals surface area contributed by atoms with Gasteiger partial charge in [0.15, 0.2) is 0 Å². The van der Waals surface area contributed by atoms with Crippen LogP contribution in [-0.4, -0.2) is 55.8 Å². The number of ether oxygens (including phenoxy) is 1. The van der Waals surface area contributed by atoms with Crippen molar-refractivity contribution in [1.82, 2.24) is 24.5 Å². The molecule has 12 heteroatoms. The molecule has 4 heterocycles. The van der Waals surface area contributed by atoms with Gasteiger partial charge in [0.1, 0.15) is 17.9 Å². The number of alkyl halides is 2. The number of aliphatic hydroxyl groups excluding tert-OH is 1. The van der Waals surface area contributed by atoms with Crippen LogP contribution in [0.5, 0.6) is 5.75 Å². The van der Waals surface area contributed by atoms with Crippen LogP contribution in [0.15, 0.2) is 42.9 Å². The second kappa shape index (κ2) is 8.73. The molecule has 2 aliphatic carbocycles. The number of carbonyl (C=O) groups excluding carboxylic acids is 1. The molecule has 212 valence electrons. The molecule has 1 aromatic carbocycles. The van der Waals surface area contributed by atoms with Gasteiger partial charge in [-0.05, 0) is 48.9 Å². The average molecular weight is 565 g/mol. The van der Waals surface area contributed by atoms with Crippen LogP contribution in [0.1, 0.15) is 71.0 Å². The zero-order valence-corrected chi connectivity index (χ0v) is 22.3. The fourth-order valence-electron chi connectivity index (χ4n) is 7.13. The summed E-state index contributed by atoms with van der Waals surface area (Å²) >= 11 is 0. The summed E-state index contributed by atoms with van der Waals surface area (Å²) in [5.74, 6) is -1.33. The van der Waals surface area contributed by atoms with Crippen molar-refractivity contribution in [2.75, 3.05) is 13.7 Å². The fraction of sp³-hybridized carbons (Fsp3) is 0.379. The van der Waals surface area contributed by atoms with Crippen molar-refractivity contribution >= 4 is 11.4 Å². The lowest BCUT2D eigenvalue weighted by Gasteiger charge is -2.51. The molecule has 7 rings (SSSR count). The van der Waals surface area contributed by atoms with Crippen LogP contribution in [0.3, 0.4) is 0 Å². The molecule has 0 radical (unpaired) electrons. The van der Waals surface area contributed by atoms with Gasteiger partial charge in [-0.25, -0.2) is 13.9 Å². The van der Waals surface area contributed by atoms with Crippen LogP contribution in [0, 0.1) is 11.2 Å². The van der Waals surface area contributed by atoms with Gasteiger partial charge in [-0.15, -0.1) is 0 Å². The van der Waals surface area contributed by atoms with Gasteiger partial charge in [0.05, 0.1) is 34.2 Å². The first-order valence-electron chi connectivity index (χ1n) is 13.3. The number of rotatable bonds is 5. The highest BCUT2D eigenvalue weighted by molar-refractivity contribution is 5.98. The van der Waals surface area contributed by atoms with E-state index in [9.17, 15) is 18.7 Å². The van der Waals surface area contributed by atoms with E-state index in [4.69, 9.17) is 15.6 Å². The van der Waals surface area contributed by atoms with E-state index in [-0.39, 0.29) is 35.4 Å². The highest BCUT2D eigenvalue weighted by atomic mass is 19.3. The zero-order valence-electron chi connectivity index (χ0n) is 22.3. The summed E-state index contributed by atoms with van der Waals surface area (Å²) < 4.78 is 48.5. The first kappa shape index (κ1) is 25.9. The monoisotopic (exact) mass is 564 g/mol. The van der Waals surface area contributed by atoms with Crippen LogP contribution in [0.2, 0.25) is 0 Å². The summed E-state index contributed by atoms with van der Waals surface area (Å²) in [7, 11) is 1.67. The second-order valence-corrected chi connectivity index (χ2v) is 11.8. The lowest BCUT2D eigenvalue weighted by molar-refractivity contribution is -0.0505. The molecule has 2 atom stereocenters. The highest BCUT2D eigenvalue weighted by Crippen LogP contribution is 2.54. The number of nitrogens with zero attached hydrogens (tertiary/aromatic N) is 5. The summed E-state index contributed by atoms with van der Waals surface area (Å²) in [6.07, 6.45) is 4.33. The van der Waals surface area contributed by atoms with E-state index in [1.54, 1.807) is 28.6 Å². The van der Waals surface area contributed by atoms with Crippen molar-refractivity contribution < 1.29 is 27.8 Å². The molecular weight excluding hydrogens is 537 g/mol. The Balaban J connectivity index is 1.32. The van der Waals surface area contributed by atoms with Crippen LogP contribution in [0.4, 0.5) is 13.2 Å². The molecule has 3 N–H and O–H groups in total. The first-order chi connectivity index (χ1) is 19.5. The molecule has 2 unspecified atom stereocenters. The van der Waals surface area contributed by atoms with E-state index in [0.29, 0.717) is 52.9 Å². The quantitative estimate of drug-likeness (QED) is 0.374. The van der Waals surface area contributed by atoms with E-state index in [1.807, 2.05) is 6.92 Å². The number of benzene rings is 1. The second-order valence-electron chi connectivity index (χ2n) is 11.8. The summed E-state index contributed by atoms with van der Waals surface area (Å²) in [6.45, 7) is -1.18. The summed E-state index contributed by atoms with van der Waals surface area (Å²) in [5.41, 5.74) is 8.97. The smallest absolute Gasteiger partial charge is 0.387 e. The summed E-state index contributed by atoms with van der Waals surface area (Å²) in [4.78, 5) is 23.7. The zero-order chi connectivity index (χ0) is 28.8. The van der Waals surface area contributed by atoms with Crippen molar-refractivity contribution in [3.8, 4) is 17.0 Å². The van der Waals surface area contributed by atoms with Gasteiger partial charge >= 0.3 is 6.61 Å². The van der Waals surface area contributed by atoms with Crippen LogP contribution in [-0.2, 0) is 5.54 Å². The SMILES string of the molecule is CN1C(=O)c2cccc(OC(F)F)c2C2CC1c1nn3cnc(-c4cnc(C5(N)CC(C)(CO)C5)c(F)c4)cc3c12. The Kier molecular flexibility index (Phi) is 5.52. The summed E-state index contributed by atoms with van der Waals surface area (Å²) in [6, 6.07) is 7.34. The van der Waals surface area contributed by atoms with Gasteiger partial charge in [-0.1, -0.05) is 13.0 Å². The predicted molar refractivity (Wildman–Crippen MR) is 141 cm³/mol. The molecule has 4 aromatic rings. The largest absolute Gasteiger partial charge is 0.434 e. The molecule has 2 bridgehead atoms. The van der Waals surface area contributed by atoms with E-state index in [1.165, 1.54) is 30.7 Å². The number of fused-ring (bicyclic) bond motifs is 9. The maximum atomic E-state index is 15.3. The molecule has 0 saturated heterocycles. The molecule has 1 saturated carbocycles. The van der Waals surface area contributed by atoms with Gasteiger partial charge in [-0.3, -0.25) is 9.78 Å². The van der Waals surface area contributed by atoms with Crippen molar-refractivity contribution in [3.05, 3.63) is 76.8 Å². The number of hydrogen-bond donors (Lipinski definition) is 2. The third-order valence-electron chi connectivity index (χ3n) is 8.84. The van der Waals surface area contributed by atoms with Gasteiger partial charge in [0.25, 0.3) is 5.91 Å². The number of amides is 1. The lowest BCUT2D eigenvalue weighted by atomic mass is 9.57. The Labute approximate surface area is 232 Å². The number of carbonyl (C=O) groups is 1. The molecule has 1 aliphatic heterocycles. The minimum atomic E-state index is -3.05. The third kappa shape index (κ3) is 3.77. The van der Waals surface area contributed by atoms with Crippen LogP contribution >= 0.6 is 0 Å². The van der Waals surface area contributed by atoms with E-state index in [0.717, 1.165) is 5.56 Å². The van der Waals surface area contributed by atoms with Crippen molar-refractivity contribution in [2.24, 2.45) is 11.1 Å². The molecule has 3 aromatic heterocycles. The lowest BCUT2D eigenvalue weighted by Crippen LogP contribution is -2.56. The first-order valence-corrected chi connectivity index (χ1v) is 13.3. The Hall–Kier alpha value is -4.03. The number of halogens is 3. The predicted octanol–water partition coefficient (Wildman–Crippen LogP) is 4.14. The van der Waals surface area contributed by atoms with Gasteiger partial charge in [0.2, 0.25) is 0 Å². The number of aromatic nitrogens is 4. The minimum absolute atomic E-state index is 0.0305. The average Bonchev–Trinajstić information content (AvgIpc) is 3.44. The molecule has 1 fully saturated rings. The fourth-order valence-corrected chi connectivity index (χ4v) is 7.13. The minimum Gasteiger partial charge on any atom is -0.434 e. The van der Waals surface area contributed by atoms with E-state index in [2.05, 4.69) is 9.97 Å². The van der Waals surface area contributed by atoms with E-state index < -0.39 is 23.9 Å². The maximum absolute atomic E-state index is 15.3. The normalized spacial score (nSPS) is 26.6. The van der Waals surface area contributed by atoms with Gasteiger partial charge in [-0.2, -0.15) is 13.9 Å². The molecular formula is C29H27F3N6O3. The van der Waals surface area contributed by atoms with Crippen molar-refractivity contribution in [1.29, 1.82) is 0 Å². The van der Waals surface area contributed by atoms with Crippen molar-refractivity contribution in [2.45, 2.75) is 50.3 Å². The Morgan fingerprint density at radius 3 is 2.71 bits per heavy atom. The van der Waals surface area contributed by atoms with E-state index >= 15 is 4.39 Å². The Morgan fingerprint density at radius 2 is 2.00 bits per heavy atom. The summed E-state index contributed by atoms with van der Waals surface area (Å²) in [5, 5.41) is 14.3. The number of hydrogen-bond acceptors (Lipinski definition) is 7. The Morgan fingerprint density at radius 1 is 1.22 bits per heavy atom. The number of pyridine rings is 1. The standard InChI is InChI=1S/C29H27F3N6O3/c1-28(12-39)10-29(33,11-28)25-17(30)6-14(9-34-25)18-8-19-23-16-7-20(24(23)36-38(19)13-35-18)37(2)26(40)15-4-3-5-21(22(15)16)41-27(31)32/h3-6,8-9,13,16,20,27,39H,7,10-12,33H2,1-2H3. The molecule has 1 amide bonds. The van der Waals surface area contributed by atoms with Gasteiger partial charge < -0.3 is 20.5 Å². The Bertz CT molecular complexity index is 1730. The molecule has 9 nitrogen and oxygen atoms in total. The molecule has 41 heavy (non-hydrogen) atoms. The number of nitrogens with two attached hydrogens (primary N) is 1. The maximum Gasteiger partial charge on any atom is 0.387 e. The third-order valence-corrected chi connectivity index (χ3v) is 8.84. The molecule has 3 aliphatic rings. The van der Waals surface area contributed by atoms with Crippen LogP contribution in [0.25, 0.3) is 16.8 Å². The number of aliphatic hydroxyl groups is 1.